The largest absolute Gasteiger partial charge is 0.481 e. The van der Waals surface area contributed by atoms with Gasteiger partial charge in [-0.2, -0.15) is 0 Å². The van der Waals surface area contributed by atoms with E-state index in [1.165, 1.54) is 0 Å². The van der Waals surface area contributed by atoms with Gasteiger partial charge in [0.25, 0.3) is 0 Å². The molecule has 6 heteroatoms. The van der Waals surface area contributed by atoms with Gasteiger partial charge in [0.1, 0.15) is 0 Å². The standard InChI is InChI=1S/C29H50O6/c1-16(2)18(12-25(33)34)7-6-17(3)22-14-23(31)26-20-13-24(32)29(35)15-19(30)8-11-28(29,5)21(20)9-10-27(22,26)4/h16-24,26,30-32,35H,6-15H2,1-5H3,(H,33,34)/t17-,18-,19+,20?,21?,22-,23+,24-,26?,27-,28-,29+/m1/s1. The quantitative estimate of drug-likeness (QED) is 0.362. The Bertz CT molecular complexity index is 785. The molecular weight excluding hydrogens is 444 g/mol. The van der Waals surface area contributed by atoms with Crippen LogP contribution in [0.5, 0.6) is 0 Å². The molecule has 0 aromatic rings. The topological polar surface area (TPSA) is 118 Å². The van der Waals surface area contributed by atoms with E-state index in [2.05, 4.69) is 34.6 Å². The Kier molecular flexibility index (Phi) is 7.47. The lowest BCUT2D eigenvalue weighted by Crippen LogP contribution is -2.69. The second kappa shape index (κ2) is 9.56. The van der Waals surface area contributed by atoms with E-state index in [0.717, 1.165) is 32.1 Å². The third-order valence-electron chi connectivity index (χ3n) is 11.9. The van der Waals surface area contributed by atoms with Crippen molar-refractivity contribution in [2.24, 2.45) is 52.3 Å². The molecule has 6 nitrogen and oxygen atoms in total. The number of rotatable bonds is 7. The van der Waals surface area contributed by atoms with Gasteiger partial charge in [-0.1, -0.05) is 41.0 Å². The van der Waals surface area contributed by atoms with Crippen LogP contribution in [0.2, 0.25) is 0 Å². The molecule has 202 valence electrons. The van der Waals surface area contributed by atoms with E-state index < -0.39 is 35.3 Å². The maximum atomic E-state index is 11.7. The van der Waals surface area contributed by atoms with Crippen LogP contribution in [0.25, 0.3) is 0 Å². The van der Waals surface area contributed by atoms with Crippen LogP contribution >= 0.6 is 0 Å². The average molecular weight is 495 g/mol. The molecule has 4 saturated carbocycles. The highest BCUT2D eigenvalue weighted by Gasteiger charge is 2.68. The maximum absolute atomic E-state index is 11.7. The zero-order chi connectivity index (χ0) is 25.9. The van der Waals surface area contributed by atoms with Crippen molar-refractivity contribution in [1.82, 2.24) is 0 Å². The first kappa shape index (κ1) is 27.3. The summed E-state index contributed by atoms with van der Waals surface area (Å²) in [6.07, 6.45) is 5.12. The Morgan fingerprint density at radius 3 is 2.31 bits per heavy atom. The summed E-state index contributed by atoms with van der Waals surface area (Å²) in [5.74, 6) is 1.08. The molecule has 4 rings (SSSR count). The van der Waals surface area contributed by atoms with E-state index in [1.54, 1.807) is 0 Å². The van der Waals surface area contributed by atoms with Crippen molar-refractivity contribution in [2.45, 2.75) is 123 Å². The molecule has 35 heavy (non-hydrogen) atoms. The van der Waals surface area contributed by atoms with Gasteiger partial charge < -0.3 is 25.5 Å². The lowest BCUT2D eigenvalue weighted by Gasteiger charge is -2.65. The summed E-state index contributed by atoms with van der Waals surface area (Å²) in [4.78, 5) is 11.3. The molecule has 4 aliphatic carbocycles. The monoisotopic (exact) mass is 494 g/mol. The smallest absolute Gasteiger partial charge is 0.303 e. The Morgan fingerprint density at radius 1 is 1.00 bits per heavy atom. The van der Waals surface area contributed by atoms with E-state index in [-0.39, 0.29) is 41.9 Å². The van der Waals surface area contributed by atoms with Crippen LogP contribution in [-0.4, -0.2) is 55.4 Å². The van der Waals surface area contributed by atoms with Gasteiger partial charge in [0.2, 0.25) is 0 Å². The molecule has 0 bridgehead atoms. The number of hydrogen-bond donors (Lipinski definition) is 5. The first-order valence-electron chi connectivity index (χ1n) is 14.2. The first-order chi connectivity index (χ1) is 16.2. The van der Waals surface area contributed by atoms with Gasteiger partial charge in [-0.15, -0.1) is 0 Å². The fraction of sp³-hybridized carbons (Fsp3) is 0.966. The van der Waals surface area contributed by atoms with Crippen LogP contribution < -0.4 is 0 Å². The van der Waals surface area contributed by atoms with Gasteiger partial charge in [-0.05, 0) is 91.8 Å². The predicted octanol–water partition coefficient (Wildman–Crippen LogP) is 4.23. The highest BCUT2D eigenvalue weighted by Crippen LogP contribution is 2.69. The molecule has 0 spiro atoms. The van der Waals surface area contributed by atoms with Crippen LogP contribution in [0.1, 0.15) is 98.8 Å². The van der Waals surface area contributed by atoms with Gasteiger partial charge in [-0.3, -0.25) is 4.79 Å². The summed E-state index contributed by atoms with van der Waals surface area (Å²) in [7, 11) is 0. The normalized spacial score (nSPS) is 49.1. The number of aliphatic hydroxyl groups is 4. The molecule has 0 aromatic heterocycles. The minimum atomic E-state index is -1.26. The lowest BCUT2D eigenvalue weighted by atomic mass is 9.42. The summed E-state index contributed by atoms with van der Waals surface area (Å²) < 4.78 is 0. The van der Waals surface area contributed by atoms with Gasteiger partial charge in [0.05, 0.1) is 23.9 Å². The van der Waals surface area contributed by atoms with Crippen LogP contribution in [0, 0.1) is 52.3 Å². The maximum Gasteiger partial charge on any atom is 0.303 e. The third kappa shape index (κ3) is 4.38. The second-order valence-corrected chi connectivity index (χ2v) is 13.9. The predicted molar refractivity (Wildman–Crippen MR) is 134 cm³/mol. The zero-order valence-electron chi connectivity index (χ0n) is 22.5. The minimum Gasteiger partial charge on any atom is -0.481 e. The molecule has 12 atom stereocenters. The highest BCUT2D eigenvalue weighted by atomic mass is 16.4. The molecule has 0 saturated heterocycles. The number of carbonyl (C=O) groups is 1. The number of carboxylic acid groups (broad SMARTS) is 1. The zero-order valence-corrected chi connectivity index (χ0v) is 22.5. The average Bonchev–Trinajstić information content (AvgIpc) is 3.03. The van der Waals surface area contributed by atoms with Crippen LogP contribution in [0.4, 0.5) is 0 Å². The van der Waals surface area contributed by atoms with Crippen molar-refractivity contribution in [3.8, 4) is 0 Å². The first-order valence-corrected chi connectivity index (χ1v) is 14.2. The fourth-order valence-corrected chi connectivity index (χ4v) is 9.83. The van der Waals surface area contributed by atoms with Crippen LogP contribution in [0.3, 0.4) is 0 Å². The number of carboxylic acids is 1. The van der Waals surface area contributed by atoms with Crippen molar-refractivity contribution >= 4 is 5.97 Å². The second-order valence-electron chi connectivity index (χ2n) is 13.9. The number of fused-ring (bicyclic) bond motifs is 5. The molecule has 4 aliphatic rings. The molecule has 0 aromatic carbocycles. The Hall–Kier alpha value is -0.690. The van der Waals surface area contributed by atoms with Crippen molar-refractivity contribution in [3.63, 3.8) is 0 Å². The SMILES string of the molecule is CC(C)[C@H](CC[C@@H](C)[C@H]1C[C@H](O)C2C3C[C@@H](O)[C@@]4(O)C[C@@H](O)CC[C@]4(C)C3CC[C@@]21C)CC(=O)O. The number of aliphatic hydroxyl groups excluding tert-OH is 3. The van der Waals surface area contributed by atoms with Crippen molar-refractivity contribution < 1.29 is 30.3 Å². The molecule has 0 radical (unpaired) electrons. The summed E-state index contributed by atoms with van der Waals surface area (Å²) in [6, 6.07) is 0. The van der Waals surface area contributed by atoms with Gasteiger partial charge in [-0.25, -0.2) is 0 Å². The van der Waals surface area contributed by atoms with E-state index in [9.17, 15) is 30.3 Å². The van der Waals surface area contributed by atoms with Crippen molar-refractivity contribution in [2.75, 3.05) is 0 Å². The van der Waals surface area contributed by atoms with E-state index in [4.69, 9.17) is 0 Å². The third-order valence-corrected chi connectivity index (χ3v) is 11.9. The molecule has 3 unspecified atom stereocenters. The summed E-state index contributed by atoms with van der Waals surface area (Å²) in [5, 5.41) is 53.9. The number of aliphatic carboxylic acids is 1. The van der Waals surface area contributed by atoms with E-state index in [1.807, 2.05) is 0 Å². The molecule has 0 amide bonds. The van der Waals surface area contributed by atoms with Gasteiger partial charge >= 0.3 is 5.97 Å². The van der Waals surface area contributed by atoms with Crippen LogP contribution in [0.15, 0.2) is 0 Å². The Balaban J connectivity index is 1.53. The Morgan fingerprint density at radius 2 is 1.69 bits per heavy atom. The molecule has 0 aliphatic heterocycles. The number of hydrogen-bond acceptors (Lipinski definition) is 5. The van der Waals surface area contributed by atoms with Crippen molar-refractivity contribution in [3.05, 3.63) is 0 Å². The van der Waals surface area contributed by atoms with Crippen LogP contribution in [-0.2, 0) is 4.79 Å². The van der Waals surface area contributed by atoms with Gasteiger partial charge in [0.15, 0.2) is 0 Å². The summed E-state index contributed by atoms with van der Waals surface area (Å²) in [6.45, 7) is 11.0. The molecular formula is C29H50O6. The van der Waals surface area contributed by atoms with Gasteiger partial charge in [0, 0.05) is 18.3 Å². The molecule has 4 fully saturated rings. The van der Waals surface area contributed by atoms with E-state index >= 15 is 0 Å². The molecule has 5 N–H and O–H groups in total. The van der Waals surface area contributed by atoms with E-state index in [0.29, 0.717) is 37.0 Å². The minimum absolute atomic E-state index is 0.0140. The highest BCUT2D eigenvalue weighted by molar-refractivity contribution is 5.67. The van der Waals surface area contributed by atoms with Crippen molar-refractivity contribution in [1.29, 1.82) is 0 Å². The molecule has 0 heterocycles. The Labute approximate surface area is 211 Å². The summed E-state index contributed by atoms with van der Waals surface area (Å²) in [5.41, 5.74) is -1.72. The fourth-order valence-electron chi connectivity index (χ4n) is 9.83. The summed E-state index contributed by atoms with van der Waals surface area (Å²) >= 11 is 0. The lowest BCUT2D eigenvalue weighted by molar-refractivity contribution is -0.268.